The average molecular weight is 254 g/mol. The minimum Gasteiger partial charge on any atom is -0.307 e. The lowest BCUT2D eigenvalue weighted by Crippen LogP contribution is -2.19. The van der Waals surface area contributed by atoms with Crippen molar-refractivity contribution >= 4 is 11.3 Å². The molecule has 0 fully saturated rings. The molecule has 0 aliphatic rings. The fourth-order valence-electron chi connectivity index (χ4n) is 1.65. The third-order valence-electron chi connectivity index (χ3n) is 2.44. The first kappa shape index (κ1) is 12.1. The van der Waals surface area contributed by atoms with Gasteiger partial charge in [0.2, 0.25) is 0 Å². The summed E-state index contributed by atoms with van der Waals surface area (Å²) in [5.41, 5.74) is 1.16. The summed E-state index contributed by atoms with van der Waals surface area (Å²) in [7, 11) is 1.70. The van der Waals surface area contributed by atoms with E-state index in [0.717, 1.165) is 22.8 Å². The van der Waals surface area contributed by atoms with E-state index < -0.39 is 17.7 Å². The molecule has 0 radical (unpaired) electrons. The number of nitrogens with zero attached hydrogens (tertiary/aromatic N) is 1. The Kier molecular flexibility index (Phi) is 3.49. The highest BCUT2D eigenvalue weighted by Crippen LogP contribution is 2.27. The van der Waals surface area contributed by atoms with Crippen LogP contribution in [0.15, 0.2) is 23.6 Å². The molecular formula is C12H12F2N2S. The number of hydrogen-bond donors (Lipinski definition) is 1. The van der Waals surface area contributed by atoms with Gasteiger partial charge in [0.1, 0.15) is 16.6 Å². The summed E-state index contributed by atoms with van der Waals surface area (Å²) in [4.78, 5) is 4.30. The molecule has 2 nitrogen and oxygen atoms in total. The molecule has 1 unspecified atom stereocenters. The second-order valence-electron chi connectivity index (χ2n) is 3.71. The summed E-state index contributed by atoms with van der Waals surface area (Å²) < 4.78 is 26.8. The monoisotopic (exact) mass is 254 g/mol. The van der Waals surface area contributed by atoms with Gasteiger partial charge in [-0.25, -0.2) is 13.8 Å². The van der Waals surface area contributed by atoms with Gasteiger partial charge in [0.15, 0.2) is 0 Å². The van der Waals surface area contributed by atoms with E-state index in [4.69, 9.17) is 0 Å². The zero-order valence-electron chi connectivity index (χ0n) is 9.50. The maximum atomic E-state index is 13.7. The number of rotatable bonds is 3. The van der Waals surface area contributed by atoms with E-state index in [0.29, 0.717) is 0 Å². The average Bonchev–Trinajstić information content (AvgIpc) is 2.71. The summed E-state index contributed by atoms with van der Waals surface area (Å²) in [5.74, 6) is -0.881. The molecule has 1 aromatic carbocycles. The molecule has 1 aromatic heterocycles. The van der Waals surface area contributed by atoms with Crippen molar-refractivity contribution in [1.82, 2.24) is 10.3 Å². The molecule has 0 amide bonds. The number of thiazole rings is 1. The summed E-state index contributed by atoms with van der Waals surface area (Å²) >= 11 is 1.43. The van der Waals surface area contributed by atoms with Crippen LogP contribution in [0.2, 0.25) is 0 Å². The number of nitrogens with one attached hydrogen (secondary N) is 1. The molecule has 0 saturated carbocycles. The van der Waals surface area contributed by atoms with Crippen LogP contribution in [-0.2, 0) is 0 Å². The minimum atomic E-state index is -0.449. The summed E-state index contributed by atoms with van der Waals surface area (Å²) in [6, 6.07) is 3.03. The lowest BCUT2D eigenvalue weighted by molar-refractivity contribution is 0.557. The molecule has 2 rings (SSSR count). The highest BCUT2D eigenvalue weighted by molar-refractivity contribution is 7.09. The van der Waals surface area contributed by atoms with Crippen molar-refractivity contribution in [3.8, 4) is 0 Å². The van der Waals surface area contributed by atoms with Gasteiger partial charge in [-0.2, -0.15) is 0 Å². The van der Waals surface area contributed by atoms with E-state index in [1.165, 1.54) is 17.4 Å². The van der Waals surface area contributed by atoms with Crippen molar-refractivity contribution in [2.24, 2.45) is 0 Å². The zero-order chi connectivity index (χ0) is 12.4. The molecule has 1 N–H and O–H groups in total. The summed E-state index contributed by atoms with van der Waals surface area (Å²) in [6.07, 6.45) is 0. The molecule has 0 aliphatic heterocycles. The quantitative estimate of drug-likeness (QED) is 0.910. The highest BCUT2D eigenvalue weighted by atomic mass is 32.1. The summed E-state index contributed by atoms with van der Waals surface area (Å²) in [6.45, 7) is 1.87. The SMILES string of the molecule is CNC(c1nc(C)cs1)c1cc(F)ccc1F. The molecule has 2 aromatic rings. The Morgan fingerprint density at radius 1 is 1.35 bits per heavy atom. The van der Waals surface area contributed by atoms with Crippen molar-refractivity contribution in [2.75, 3.05) is 7.05 Å². The summed E-state index contributed by atoms with van der Waals surface area (Å²) in [5, 5.41) is 5.57. The zero-order valence-corrected chi connectivity index (χ0v) is 10.3. The van der Waals surface area contributed by atoms with Crippen molar-refractivity contribution in [3.63, 3.8) is 0 Å². The van der Waals surface area contributed by atoms with Gasteiger partial charge >= 0.3 is 0 Å². The molecular weight excluding hydrogens is 242 g/mol. The largest absolute Gasteiger partial charge is 0.307 e. The molecule has 0 aliphatic carbocycles. The Hall–Kier alpha value is -1.33. The molecule has 0 spiro atoms. The molecule has 90 valence electrons. The molecule has 0 saturated heterocycles. The van der Waals surface area contributed by atoms with Crippen LogP contribution in [0.4, 0.5) is 8.78 Å². The molecule has 1 heterocycles. The van der Waals surface area contributed by atoms with Crippen LogP contribution < -0.4 is 5.32 Å². The Balaban J connectivity index is 2.45. The predicted octanol–water partition coefficient (Wildman–Crippen LogP) is 3.04. The standard InChI is InChI=1S/C12H12F2N2S/c1-7-6-17-12(16-7)11(15-2)9-5-8(13)3-4-10(9)14/h3-6,11,15H,1-2H3. The third-order valence-corrected chi connectivity index (χ3v) is 3.47. The number of halogens is 2. The smallest absolute Gasteiger partial charge is 0.128 e. The van der Waals surface area contributed by atoms with Crippen LogP contribution in [0.1, 0.15) is 22.3 Å². The van der Waals surface area contributed by atoms with Crippen molar-refractivity contribution in [1.29, 1.82) is 0 Å². The fourth-order valence-corrected chi connectivity index (χ4v) is 2.57. The van der Waals surface area contributed by atoms with Crippen LogP contribution in [0.5, 0.6) is 0 Å². The van der Waals surface area contributed by atoms with Crippen LogP contribution in [-0.4, -0.2) is 12.0 Å². The van der Waals surface area contributed by atoms with Crippen molar-refractivity contribution in [3.05, 3.63) is 51.5 Å². The number of aryl methyl sites for hydroxylation is 1. The Bertz CT molecular complexity index is 525. The van der Waals surface area contributed by atoms with Gasteiger partial charge in [-0.3, -0.25) is 0 Å². The minimum absolute atomic E-state index is 0.279. The maximum Gasteiger partial charge on any atom is 0.128 e. The van der Waals surface area contributed by atoms with E-state index in [2.05, 4.69) is 10.3 Å². The van der Waals surface area contributed by atoms with Crippen LogP contribution in [0.3, 0.4) is 0 Å². The van der Waals surface area contributed by atoms with Crippen molar-refractivity contribution in [2.45, 2.75) is 13.0 Å². The van der Waals surface area contributed by atoms with Gasteiger partial charge in [0, 0.05) is 16.6 Å². The van der Waals surface area contributed by atoms with E-state index in [1.54, 1.807) is 7.05 Å². The van der Waals surface area contributed by atoms with Gasteiger partial charge in [-0.1, -0.05) is 0 Å². The third kappa shape index (κ3) is 2.50. The maximum absolute atomic E-state index is 13.7. The number of benzene rings is 1. The molecule has 0 bridgehead atoms. The second kappa shape index (κ2) is 4.89. The first-order chi connectivity index (χ1) is 8.11. The lowest BCUT2D eigenvalue weighted by Gasteiger charge is -2.14. The van der Waals surface area contributed by atoms with E-state index in [9.17, 15) is 8.78 Å². The number of aromatic nitrogens is 1. The van der Waals surface area contributed by atoms with E-state index in [-0.39, 0.29) is 5.56 Å². The van der Waals surface area contributed by atoms with Gasteiger partial charge in [-0.15, -0.1) is 11.3 Å². The Morgan fingerprint density at radius 2 is 2.12 bits per heavy atom. The van der Waals surface area contributed by atoms with Crippen LogP contribution in [0.25, 0.3) is 0 Å². The Labute approximate surface area is 102 Å². The van der Waals surface area contributed by atoms with Crippen molar-refractivity contribution < 1.29 is 8.78 Å². The Morgan fingerprint density at radius 3 is 2.71 bits per heavy atom. The first-order valence-electron chi connectivity index (χ1n) is 5.16. The predicted molar refractivity (Wildman–Crippen MR) is 64.1 cm³/mol. The topological polar surface area (TPSA) is 24.9 Å². The second-order valence-corrected chi connectivity index (χ2v) is 4.60. The van der Waals surface area contributed by atoms with Gasteiger partial charge < -0.3 is 5.32 Å². The molecule has 5 heteroatoms. The van der Waals surface area contributed by atoms with Gasteiger partial charge in [-0.05, 0) is 32.2 Å². The van der Waals surface area contributed by atoms with Gasteiger partial charge in [0.25, 0.3) is 0 Å². The normalized spacial score (nSPS) is 12.7. The number of hydrogen-bond acceptors (Lipinski definition) is 3. The highest BCUT2D eigenvalue weighted by Gasteiger charge is 2.19. The van der Waals surface area contributed by atoms with E-state index >= 15 is 0 Å². The van der Waals surface area contributed by atoms with Crippen LogP contribution in [0, 0.1) is 18.6 Å². The van der Waals surface area contributed by atoms with Gasteiger partial charge in [0.05, 0.1) is 6.04 Å². The molecule has 17 heavy (non-hydrogen) atoms. The first-order valence-corrected chi connectivity index (χ1v) is 6.04. The fraction of sp³-hybridized carbons (Fsp3) is 0.250. The lowest BCUT2D eigenvalue weighted by atomic mass is 10.1. The van der Waals surface area contributed by atoms with Crippen LogP contribution >= 0.6 is 11.3 Å². The van der Waals surface area contributed by atoms with E-state index in [1.807, 2.05) is 12.3 Å². The molecule has 1 atom stereocenters.